The molecule has 2 rings (SSSR count). The van der Waals surface area contributed by atoms with E-state index in [0.29, 0.717) is 11.3 Å². The van der Waals surface area contributed by atoms with Crippen LogP contribution in [0.25, 0.3) is 0 Å². The molecule has 0 spiro atoms. The second-order valence-electron chi connectivity index (χ2n) is 3.21. The molecular weight excluding hydrogens is 222 g/mol. The number of carbonyl (C=O) groups excluding carboxylic acids is 1. The predicted molar refractivity (Wildman–Crippen MR) is 64.4 cm³/mol. The van der Waals surface area contributed by atoms with E-state index in [1.54, 1.807) is 48.5 Å². The van der Waals surface area contributed by atoms with E-state index in [1.807, 2.05) is 6.07 Å². The number of benzene rings is 2. The van der Waals surface area contributed by atoms with Crippen molar-refractivity contribution in [1.82, 2.24) is 0 Å². The zero-order chi connectivity index (χ0) is 11.4. The summed E-state index contributed by atoms with van der Waals surface area (Å²) in [6.45, 7) is 0. The van der Waals surface area contributed by atoms with Gasteiger partial charge in [0.1, 0.15) is 0 Å². The fraction of sp³-hybridized carbons (Fsp3) is 0. The molecule has 16 heavy (non-hydrogen) atoms. The van der Waals surface area contributed by atoms with Crippen LogP contribution in [0.5, 0.6) is 0 Å². The number of nitrogens with zero attached hydrogens (tertiary/aromatic N) is 1. The molecule has 1 radical (unpaired) electrons. The zero-order valence-corrected chi connectivity index (χ0v) is 9.19. The van der Waals surface area contributed by atoms with Gasteiger partial charge in [-0.3, -0.25) is 4.79 Å². The number of halogens is 1. The van der Waals surface area contributed by atoms with Crippen LogP contribution >= 0.6 is 11.8 Å². The Morgan fingerprint density at radius 2 is 1.69 bits per heavy atom. The molecule has 79 valence electrons. The Morgan fingerprint density at radius 3 is 2.31 bits per heavy atom. The van der Waals surface area contributed by atoms with Crippen molar-refractivity contribution in [2.24, 2.45) is 0 Å². The number of rotatable bonds is 2. The zero-order valence-electron chi connectivity index (χ0n) is 8.43. The molecule has 0 aliphatic heterocycles. The summed E-state index contributed by atoms with van der Waals surface area (Å²) < 4.78 is 1.10. The van der Waals surface area contributed by atoms with Crippen molar-refractivity contribution < 1.29 is 4.79 Å². The van der Waals surface area contributed by atoms with E-state index < -0.39 is 0 Å². The van der Waals surface area contributed by atoms with Crippen LogP contribution in [0, 0.1) is 6.07 Å². The SMILES string of the molecule is O=C(c1ccccc1)N(Cl)c1cc[c]cc1. The van der Waals surface area contributed by atoms with Gasteiger partial charge in [0.15, 0.2) is 0 Å². The molecule has 0 saturated carbocycles. The Hall–Kier alpha value is -1.80. The lowest BCUT2D eigenvalue weighted by atomic mass is 10.2. The summed E-state index contributed by atoms with van der Waals surface area (Å²) in [6.07, 6.45) is 0. The Labute approximate surface area is 99.2 Å². The minimum atomic E-state index is -0.242. The van der Waals surface area contributed by atoms with E-state index in [4.69, 9.17) is 11.8 Å². The number of hydrogen-bond donors (Lipinski definition) is 0. The highest BCUT2D eigenvalue weighted by Crippen LogP contribution is 2.18. The molecule has 0 unspecified atom stereocenters. The second-order valence-corrected chi connectivity index (χ2v) is 3.55. The highest BCUT2D eigenvalue weighted by molar-refractivity contribution is 6.39. The van der Waals surface area contributed by atoms with Gasteiger partial charge in [0, 0.05) is 17.3 Å². The number of carbonyl (C=O) groups is 1. The first-order valence-electron chi connectivity index (χ1n) is 4.80. The van der Waals surface area contributed by atoms with Crippen LogP contribution in [0.1, 0.15) is 10.4 Å². The van der Waals surface area contributed by atoms with Crippen molar-refractivity contribution in [2.45, 2.75) is 0 Å². The standard InChI is InChI=1S/C13H9ClNO/c14-15(12-9-5-2-6-10-12)13(16)11-7-3-1-4-8-11/h1,3-10H. The topological polar surface area (TPSA) is 20.3 Å². The van der Waals surface area contributed by atoms with E-state index in [0.717, 1.165) is 4.42 Å². The summed E-state index contributed by atoms with van der Waals surface area (Å²) in [6, 6.07) is 18.7. The molecule has 2 aromatic carbocycles. The van der Waals surface area contributed by atoms with Crippen LogP contribution in [0.3, 0.4) is 0 Å². The van der Waals surface area contributed by atoms with Gasteiger partial charge in [-0.1, -0.05) is 30.3 Å². The monoisotopic (exact) mass is 230 g/mol. The molecule has 0 aliphatic carbocycles. The highest BCUT2D eigenvalue weighted by atomic mass is 35.5. The fourth-order valence-electron chi connectivity index (χ4n) is 1.32. The molecular formula is C13H9ClNO. The molecule has 2 nitrogen and oxygen atoms in total. The molecule has 0 bridgehead atoms. The molecule has 0 N–H and O–H groups in total. The quantitative estimate of drug-likeness (QED) is 0.725. The van der Waals surface area contributed by atoms with Crippen LogP contribution in [0.4, 0.5) is 5.69 Å². The maximum absolute atomic E-state index is 11.9. The molecule has 0 aromatic heterocycles. The molecule has 1 amide bonds. The summed E-state index contributed by atoms with van der Waals surface area (Å²) in [4.78, 5) is 11.9. The molecule has 0 atom stereocenters. The normalized spacial score (nSPS) is 9.81. The van der Waals surface area contributed by atoms with Gasteiger partial charge < -0.3 is 0 Å². The average molecular weight is 231 g/mol. The number of anilines is 1. The van der Waals surface area contributed by atoms with Gasteiger partial charge in [-0.05, 0) is 30.3 Å². The maximum Gasteiger partial charge on any atom is 0.272 e. The average Bonchev–Trinajstić information content (AvgIpc) is 2.39. The van der Waals surface area contributed by atoms with Crippen molar-refractivity contribution in [3.05, 3.63) is 66.2 Å². The summed E-state index contributed by atoms with van der Waals surface area (Å²) >= 11 is 5.96. The minimum Gasteiger partial charge on any atom is -0.267 e. The summed E-state index contributed by atoms with van der Waals surface area (Å²) in [7, 11) is 0. The molecule has 0 saturated heterocycles. The van der Waals surface area contributed by atoms with Crippen LogP contribution < -0.4 is 4.42 Å². The first-order chi connectivity index (χ1) is 7.79. The van der Waals surface area contributed by atoms with E-state index in [9.17, 15) is 4.79 Å². The number of amides is 1. The van der Waals surface area contributed by atoms with Gasteiger partial charge in [0.2, 0.25) is 0 Å². The van der Waals surface area contributed by atoms with Crippen LogP contribution in [-0.4, -0.2) is 5.91 Å². The smallest absolute Gasteiger partial charge is 0.267 e. The molecule has 0 fully saturated rings. The van der Waals surface area contributed by atoms with E-state index in [2.05, 4.69) is 6.07 Å². The molecule has 0 heterocycles. The van der Waals surface area contributed by atoms with Crippen molar-refractivity contribution in [3.8, 4) is 0 Å². The van der Waals surface area contributed by atoms with E-state index in [1.165, 1.54) is 0 Å². The van der Waals surface area contributed by atoms with Crippen LogP contribution in [0.15, 0.2) is 54.6 Å². The second kappa shape index (κ2) is 4.81. The van der Waals surface area contributed by atoms with Gasteiger partial charge in [0.05, 0.1) is 5.69 Å². The van der Waals surface area contributed by atoms with Gasteiger partial charge in [-0.25, -0.2) is 4.42 Å². The third-order valence-electron chi connectivity index (χ3n) is 2.13. The van der Waals surface area contributed by atoms with E-state index in [-0.39, 0.29) is 5.91 Å². The van der Waals surface area contributed by atoms with Gasteiger partial charge >= 0.3 is 0 Å². The van der Waals surface area contributed by atoms with Crippen LogP contribution in [0.2, 0.25) is 0 Å². The lowest BCUT2D eigenvalue weighted by molar-refractivity contribution is 0.101. The lowest BCUT2D eigenvalue weighted by Gasteiger charge is -2.13. The van der Waals surface area contributed by atoms with E-state index >= 15 is 0 Å². The Kier molecular flexibility index (Phi) is 3.22. The summed E-state index contributed by atoms with van der Waals surface area (Å²) in [5.41, 5.74) is 1.19. The van der Waals surface area contributed by atoms with Crippen molar-refractivity contribution in [1.29, 1.82) is 0 Å². The van der Waals surface area contributed by atoms with Gasteiger partial charge in [-0.2, -0.15) is 0 Å². The Morgan fingerprint density at radius 1 is 1.06 bits per heavy atom. The Balaban J connectivity index is 2.24. The molecule has 2 aromatic rings. The summed E-state index contributed by atoms with van der Waals surface area (Å²) in [5.74, 6) is -0.242. The van der Waals surface area contributed by atoms with Gasteiger partial charge in [0.25, 0.3) is 5.91 Å². The third kappa shape index (κ3) is 2.23. The Bertz CT molecular complexity index is 470. The van der Waals surface area contributed by atoms with Crippen molar-refractivity contribution in [3.63, 3.8) is 0 Å². The summed E-state index contributed by atoms with van der Waals surface area (Å²) in [5, 5.41) is 0. The minimum absolute atomic E-state index is 0.242. The van der Waals surface area contributed by atoms with Crippen molar-refractivity contribution in [2.75, 3.05) is 4.42 Å². The van der Waals surface area contributed by atoms with Crippen LogP contribution in [-0.2, 0) is 0 Å². The largest absolute Gasteiger partial charge is 0.272 e. The maximum atomic E-state index is 11.9. The first kappa shape index (κ1) is 10.7. The first-order valence-corrected chi connectivity index (χ1v) is 5.14. The third-order valence-corrected chi connectivity index (χ3v) is 2.48. The lowest BCUT2D eigenvalue weighted by Crippen LogP contribution is -2.20. The number of hydrogen-bond acceptors (Lipinski definition) is 1. The molecule has 3 heteroatoms. The highest BCUT2D eigenvalue weighted by Gasteiger charge is 2.14. The fourth-order valence-corrected chi connectivity index (χ4v) is 1.53. The van der Waals surface area contributed by atoms with Crippen molar-refractivity contribution >= 4 is 23.4 Å². The van der Waals surface area contributed by atoms with Gasteiger partial charge in [-0.15, -0.1) is 0 Å². The predicted octanol–water partition coefficient (Wildman–Crippen LogP) is 3.29. The molecule has 0 aliphatic rings.